The Morgan fingerprint density at radius 3 is 1.83 bits per heavy atom. The van der Waals surface area contributed by atoms with Crippen molar-refractivity contribution < 1.29 is 4.79 Å². The summed E-state index contributed by atoms with van der Waals surface area (Å²) < 4.78 is 2.84. The van der Waals surface area contributed by atoms with Crippen LogP contribution in [0.4, 0.5) is 5.69 Å². The SMILES string of the molecule is CCCCCCCC(=O)c1cc(C)c(N2[Si](C)(C)c3ccccc3[Si]2(C)C)c(C)c1. The first-order valence-corrected chi connectivity index (χ1v) is 17.6. The second kappa shape index (κ2) is 8.84. The summed E-state index contributed by atoms with van der Waals surface area (Å²) in [6.07, 6.45) is 6.63. The average Bonchev–Trinajstić information content (AvgIpc) is 2.84. The van der Waals surface area contributed by atoms with Crippen LogP contribution in [0.3, 0.4) is 0 Å². The summed E-state index contributed by atoms with van der Waals surface area (Å²) in [5.41, 5.74) is 4.82. The molecule has 4 heteroatoms. The number of hydrogen-bond acceptors (Lipinski definition) is 2. The van der Waals surface area contributed by atoms with Crippen LogP contribution in [-0.4, -0.2) is 22.3 Å². The van der Waals surface area contributed by atoms with E-state index in [2.05, 4.69) is 87.6 Å². The third-order valence-corrected chi connectivity index (χ3v) is 16.7. The van der Waals surface area contributed by atoms with E-state index in [0.29, 0.717) is 12.2 Å². The molecule has 0 N–H and O–H groups in total. The lowest BCUT2D eigenvalue weighted by Crippen LogP contribution is -2.61. The minimum atomic E-state index is -1.80. The van der Waals surface area contributed by atoms with Gasteiger partial charge in [0.15, 0.2) is 22.3 Å². The summed E-state index contributed by atoms with van der Waals surface area (Å²) in [6, 6.07) is 13.4. The van der Waals surface area contributed by atoms with Crippen molar-refractivity contribution in [3.05, 3.63) is 53.1 Å². The molecule has 1 aliphatic rings. The Balaban J connectivity index is 1.90. The molecule has 0 spiro atoms. The number of carbonyl (C=O) groups is 1. The van der Waals surface area contributed by atoms with Crippen molar-refractivity contribution in [2.75, 3.05) is 4.23 Å². The lowest BCUT2D eigenvalue weighted by molar-refractivity contribution is 0.0979. The molecule has 0 aromatic heterocycles. The quantitative estimate of drug-likeness (QED) is 0.279. The summed E-state index contributed by atoms with van der Waals surface area (Å²) in [6.45, 7) is 16.6. The van der Waals surface area contributed by atoms with Crippen molar-refractivity contribution in [2.45, 2.75) is 85.5 Å². The monoisotopic (exact) mass is 437 g/mol. The van der Waals surface area contributed by atoms with Gasteiger partial charge in [-0.2, -0.15) is 0 Å². The number of aryl methyl sites for hydroxylation is 2. The van der Waals surface area contributed by atoms with E-state index in [1.807, 2.05) is 0 Å². The Morgan fingerprint density at radius 1 is 0.833 bits per heavy atom. The van der Waals surface area contributed by atoms with Gasteiger partial charge in [0.2, 0.25) is 0 Å². The molecule has 0 unspecified atom stereocenters. The van der Waals surface area contributed by atoms with E-state index >= 15 is 0 Å². The summed E-state index contributed by atoms with van der Waals surface area (Å²) in [5, 5.41) is 3.18. The van der Waals surface area contributed by atoms with E-state index in [1.54, 1.807) is 10.4 Å². The van der Waals surface area contributed by atoms with Crippen molar-refractivity contribution in [2.24, 2.45) is 0 Å². The van der Waals surface area contributed by atoms with Crippen LogP contribution in [0.1, 0.15) is 66.9 Å². The Bertz CT molecular complexity index is 874. The van der Waals surface area contributed by atoms with Crippen molar-refractivity contribution in [1.29, 1.82) is 0 Å². The summed E-state index contributed by atoms with van der Waals surface area (Å²) >= 11 is 0. The molecule has 0 saturated heterocycles. The van der Waals surface area contributed by atoms with Crippen molar-refractivity contribution in [1.82, 2.24) is 0 Å². The molecule has 30 heavy (non-hydrogen) atoms. The molecule has 0 radical (unpaired) electrons. The zero-order chi connectivity index (χ0) is 22.1. The van der Waals surface area contributed by atoms with Gasteiger partial charge in [-0.1, -0.05) is 56.9 Å². The number of ketones is 1. The highest BCUT2D eigenvalue weighted by molar-refractivity contribution is 7.18. The fraction of sp³-hybridized carbons (Fsp3) is 0.500. The van der Waals surface area contributed by atoms with Crippen LogP contribution >= 0.6 is 0 Å². The number of unbranched alkanes of at least 4 members (excludes halogenated alkanes) is 4. The number of benzene rings is 2. The first-order chi connectivity index (χ1) is 14.1. The molecule has 0 aliphatic carbocycles. The van der Waals surface area contributed by atoms with Gasteiger partial charge in [0.1, 0.15) is 0 Å². The maximum Gasteiger partial charge on any atom is 0.174 e. The van der Waals surface area contributed by atoms with Gasteiger partial charge in [-0.15, -0.1) is 0 Å². The van der Waals surface area contributed by atoms with E-state index in [0.717, 1.165) is 12.0 Å². The Labute approximate surface area is 185 Å². The number of hydrogen-bond donors (Lipinski definition) is 0. The molecule has 1 aliphatic heterocycles. The number of anilines is 1. The highest BCUT2D eigenvalue weighted by atomic mass is 28.4. The molecular weight excluding hydrogens is 398 g/mol. The standard InChI is InChI=1S/C26H39NOSi2/c1-8-9-10-11-12-15-23(28)22-18-20(2)26(21(3)19-22)27-29(4,5)24-16-13-14-17-25(24)30(27,6)7/h13-14,16-19H,8-12,15H2,1-7H3. The maximum absolute atomic E-state index is 12.9. The molecule has 2 aromatic rings. The lowest BCUT2D eigenvalue weighted by Gasteiger charge is -2.43. The van der Waals surface area contributed by atoms with Gasteiger partial charge in [0.25, 0.3) is 0 Å². The molecule has 0 bridgehead atoms. The average molecular weight is 438 g/mol. The summed E-state index contributed by atoms with van der Waals surface area (Å²) in [7, 11) is -3.60. The smallest absolute Gasteiger partial charge is 0.174 e. The van der Waals surface area contributed by atoms with Crippen LogP contribution in [0.15, 0.2) is 36.4 Å². The number of carbonyl (C=O) groups excluding carboxylic acids is 1. The number of rotatable bonds is 8. The summed E-state index contributed by atoms with van der Waals surface area (Å²) in [4.78, 5) is 12.9. The van der Waals surface area contributed by atoms with Gasteiger partial charge in [0.05, 0.1) is 0 Å². The van der Waals surface area contributed by atoms with E-state index in [9.17, 15) is 4.79 Å². The molecule has 1 heterocycles. The second-order valence-corrected chi connectivity index (χ2v) is 18.7. The molecule has 2 nitrogen and oxygen atoms in total. The predicted molar refractivity (Wildman–Crippen MR) is 137 cm³/mol. The minimum Gasteiger partial charge on any atom is -0.417 e. The normalized spacial score (nSPS) is 16.6. The highest BCUT2D eigenvalue weighted by Crippen LogP contribution is 2.37. The molecule has 0 amide bonds. The van der Waals surface area contributed by atoms with E-state index in [1.165, 1.54) is 42.5 Å². The predicted octanol–water partition coefficient (Wildman–Crippen LogP) is 6.19. The minimum absolute atomic E-state index is 0.307. The number of nitrogens with zero attached hydrogens (tertiary/aromatic N) is 1. The van der Waals surface area contributed by atoms with Gasteiger partial charge in [-0.25, -0.2) is 0 Å². The number of fused-ring (bicyclic) bond motifs is 1. The molecule has 162 valence electrons. The van der Waals surface area contributed by atoms with Crippen molar-refractivity contribution in [3.8, 4) is 0 Å². The molecule has 2 aromatic carbocycles. The van der Waals surface area contributed by atoms with Crippen LogP contribution in [0.25, 0.3) is 0 Å². The van der Waals surface area contributed by atoms with Gasteiger partial charge in [-0.3, -0.25) is 4.79 Å². The van der Waals surface area contributed by atoms with Gasteiger partial charge >= 0.3 is 0 Å². The zero-order valence-corrected chi connectivity index (χ0v) is 22.1. The molecule has 0 fully saturated rings. The Kier molecular flexibility index (Phi) is 6.78. The van der Waals surface area contributed by atoms with E-state index in [-0.39, 0.29) is 0 Å². The molecule has 3 rings (SSSR count). The van der Waals surface area contributed by atoms with Crippen molar-refractivity contribution in [3.63, 3.8) is 0 Å². The van der Waals surface area contributed by atoms with Gasteiger partial charge in [0, 0.05) is 17.7 Å². The van der Waals surface area contributed by atoms with Crippen LogP contribution in [0, 0.1) is 13.8 Å². The van der Waals surface area contributed by atoms with E-state index < -0.39 is 16.5 Å². The van der Waals surface area contributed by atoms with Gasteiger partial charge in [-0.05, 0) is 80.1 Å². The third-order valence-electron chi connectivity index (χ3n) is 6.91. The molecular formula is C26H39NOSi2. The second-order valence-electron chi connectivity index (χ2n) is 10.0. The zero-order valence-electron chi connectivity index (χ0n) is 20.1. The fourth-order valence-electron chi connectivity index (χ4n) is 5.55. The van der Waals surface area contributed by atoms with Crippen LogP contribution in [-0.2, 0) is 0 Å². The third kappa shape index (κ3) is 4.09. The maximum atomic E-state index is 12.9. The number of Topliss-reactive ketones (excluding diaryl/α,β-unsaturated/α-hetero) is 1. The summed E-state index contributed by atoms with van der Waals surface area (Å²) in [5.74, 6) is 0.307. The van der Waals surface area contributed by atoms with Gasteiger partial charge < -0.3 is 4.23 Å². The van der Waals surface area contributed by atoms with Crippen LogP contribution < -0.4 is 14.6 Å². The lowest BCUT2D eigenvalue weighted by atomic mass is 9.99. The first-order valence-electron chi connectivity index (χ1n) is 11.7. The fourth-order valence-corrected chi connectivity index (χ4v) is 18.5. The van der Waals surface area contributed by atoms with E-state index in [4.69, 9.17) is 0 Å². The highest BCUT2D eigenvalue weighted by Gasteiger charge is 2.52. The van der Waals surface area contributed by atoms with Crippen molar-refractivity contribution >= 4 is 38.3 Å². The first kappa shape index (κ1) is 23.0. The Hall–Kier alpha value is -1.66. The van der Waals surface area contributed by atoms with Crippen LogP contribution in [0.2, 0.25) is 26.2 Å². The van der Waals surface area contributed by atoms with Crippen LogP contribution in [0.5, 0.6) is 0 Å². The topological polar surface area (TPSA) is 20.3 Å². The molecule has 0 atom stereocenters. The largest absolute Gasteiger partial charge is 0.417 e. The molecule has 0 saturated carbocycles. The Morgan fingerprint density at radius 2 is 1.33 bits per heavy atom.